The van der Waals surface area contributed by atoms with Crippen molar-refractivity contribution >= 4 is 0 Å². The summed E-state index contributed by atoms with van der Waals surface area (Å²) in [6.45, 7) is 5.71. The van der Waals surface area contributed by atoms with Crippen LogP contribution in [0.4, 0.5) is 0 Å². The van der Waals surface area contributed by atoms with Crippen LogP contribution in [-0.2, 0) is 13.1 Å². The maximum Gasteiger partial charge on any atom is 0.0972 e. The maximum atomic E-state index is 4.94. The van der Waals surface area contributed by atoms with E-state index in [0.29, 0.717) is 0 Å². The van der Waals surface area contributed by atoms with E-state index in [0.717, 1.165) is 35.7 Å². The molecular weight excluding hydrogens is 358 g/mol. The first kappa shape index (κ1) is 19.0. The lowest BCUT2D eigenvalue weighted by Gasteiger charge is -2.15. The zero-order valence-electron chi connectivity index (χ0n) is 17.1. The molecule has 0 N–H and O–H groups in total. The molecular formula is C24H25N5. The Morgan fingerprint density at radius 2 is 1.76 bits per heavy atom. The van der Waals surface area contributed by atoms with Crippen molar-refractivity contribution < 1.29 is 0 Å². The van der Waals surface area contributed by atoms with E-state index in [1.54, 1.807) is 12.4 Å². The van der Waals surface area contributed by atoms with Gasteiger partial charge >= 0.3 is 0 Å². The highest BCUT2D eigenvalue weighted by Gasteiger charge is 2.15. The van der Waals surface area contributed by atoms with Crippen LogP contribution in [0.3, 0.4) is 0 Å². The fourth-order valence-electron chi connectivity index (χ4n) is 3.43. The Kier molecular flexibility index (Phi) is 5.49. The molecule has 4 rings (SSSR count). The predicted octanol–water partition coefficient (Wildman–Crippen LogP) is 4.58. The van der Waals surface area contributed by atoms with Crippen LogP contribution in [0, 0.1) is 13.8 Å². The van der Waals surface area contributed by atoms with Gasteiger partial charge in [0, 0.05) is 49.0 Å². The normalized spacial score (nSPS) is 11.2. The summed E-state index contributed by atoms with van der Waals surface area (Å²) in [6.07, 6.45) is 7.38. The zero-order chi connectivity index (χ0) is 20.2. The summed E-state index contributed by atoms with van der Waals surface area (Å²) in [5.41, 5.74) is 7.82. The Morgan fingerprint density at radius 1 is 0.931 bits per heavy atom. The van der Waals surface area contributed by atoms with Gasteiger partial charge in [0.25, 0.3) is 0 Å². The zero-order valence-corrected chi connectivity index (χ0v) is 17.1. The van der Waals surface area contributed by atoms with Crippen molar-refractivity contribution in [1.82, 2.24) is 24.6 Å². The van der Waals surface area contributed by atoms with E-state index < -0.39 is 0 Å². The monoisotopic (exact) mass is 383 g/mol. The van der Waals surface area contributed by atoms with E-state index in [1.807, 2.05) is 10.9 Å². The van der Waals surface area contributed by atoms with Crippen molar-refractivity contribution in [2.45, 2.75) is 26.9 Å². The summed E-state index contributed by atoms with van der Waals surface area (Å²) >= 11 is 0. The molecule has 5 nitrogen and oxygen atoms in total. The second-order valence-corrected chi connectivity index (χ2v) is 7.52. The molecule has 2 aromatic heterocycles. The van der Waals surface area contributed by atoms with Gasteiger partial charge in [0.15, 0.2) is 0 Å². The average Bonchev–Trinajstić information content (AvgIpc) is 3.13. The van der Waals surface area contributed by atoms with Crippen molar-refractivity contribution in [2.75, 3.05) is 7.05 Å². The molecule has 4 aromatic rings. The summed E-state index contributed by atoms with van der Waals surface area (Å²) < 4.78 is 1.97. The lowest BCUT2D eigenvalue weighted by molar-refractivity contribution is 0.315. The van der Waals surface area contributed by atoms with Crippen LogP contribution in [0.25, 0.3) is 16.9 Å². The largest absolute Gasteiger partial charge is 0.296 e. The quantitative estimate of drug-likeness (QED) is 0.489. The summed E-state index contributed by atoms with van der Waals surface area (Å²) in [5, 5.41) is 4.94. The molecule has 5 heteroatoms. The number of aryl methyl sites for hydroxylation is 2. The van der Waals surface area contributed by atoms with E-state index in [1.165, 1.54) is 16.7 Å². The second-order valence-electron chi connectivity index (χ2n) is 7.52. The van der Waals surface area contributed by atoms with Gasteiger partial charge in [0.05, 0.1) is 17.1 Å². The van der Waals surface area contributed by atoms with Gasteiger partial charge in [-0.3, -0.25) is 14.9 Å². The average molecular weight is 383 g/mol. The van der Waals surface area contributed by atoms with E-state index in [-0.39, 0.29) is 0 Å². The third-order valence-electron chi connectivity index (χ3n) is 4.87. The van der Waals surface area contributed by atoms with E-state index in [2.05, 4.69) is 90.5 Å². The van der Waals surface area contributed by atoms with Crippen molar-refractivity contribution in [2.24, 2.45) is 0 Å². The fraction of sp³-hybridized carbons (Fsp3) is 0.208. The third kappa shape index (κ3) is 4.58. The Bertz CT molecular complexity index is 1080. The first-order valence-electron chi connectivity index (χ1n) is 9.74. The smallest absolute Gasteiger partial charge is 0.0972 e. The van der Waals surface area contributed by atoms with Gasteiger partial charge in [-0.1, -0.05) is 41.5 Å². The molecule has 0 bridgehead atoms. The number of benzene rings is 2. The molecule has 0 radical (unpaired) electrons. The summed E-state index contributed by atoms with van der Waals surface area (Å²) in [5.74, 6) is 0. The topological polar surface area (TPSA) is 46.8 Å². The van der Waals surface area contributed by atoms with Gasteiger partial charge < -0.3 is 0 Å². The van der Waals surface area contributed by atoms with Crippen LogP contribution < -0.4 is 0 Å². The highest BCUT2D eigenvalue weighted by molar-refractivity contribution is 5.64. The first-order valence-corrected chi connectivity index (χ1v) is 9.74. The van der Waals surface area contributed by atoms with Crippen LogP contribution in [0.2, 0.25) is 0 Å². The van der Waals surface area contributed by atoms with Gasteiger partial charge in [-0.05, 0) is 39.1 Å². The van der Waals surface area contributed by atoms with Crippen LogP contribution in [0.5, 0.6) is 0 Å². The minimum atomic E-state index is 0.733. The fourth-order valence-corrected chi connectivity index (χ4v) is 3.43. The standard InChI is InChI=1S/C24H25N5/c1-18-7-9-23(10-8-18)29-16-21(15-28(3)17-22-14-25-11-12-26-22)24(27-29)20-6-4-5-19(2)13-20/h4-14,16H,15,17H2,1-3H3. The molecule has 0 aliphatic rings. The van der Waals surface area contributed by atoms with Crippen LogP contribution in [-0.4, -0.2) is 31.7 Å². The first-order chi connectivity index (χ1) is 14.1. The molecule has 146 valence electrons. The highest BCUT2D eigenvalue weighted by Crippen LogP contribution is 2.26. The maximum absolute atomic E-state index is 4.94. The van der Waals surface area contributed by atoms with Crippen molar-refractivity contribution in [1.29, 1.82) is 0 Å². The van der Waals surface area contributed by atoms with E-state index in [9.17, 15) is 0 Å². The molecule has 0 aliphatic heterocycles. The Balaban J connectivity index is 1.67. The number of aromatic nitrogens is 4. The SMILES string of the molecule is Cc1ccc(-n2cc(CN(C)Cc3cnccn3)c(-c3cccc(C)c3)n2)cc1. The van der Waals surface area contributed by atoms with Gasteiger partial charge in [-0.2, -0.15) is 5.10 Å². The number of rotatable bonds is 6. The van der Waals surface area contributed by atoms with Crippen LogP contribution in [0.15, 0.2) is 73.3 Å². The van der Waals surface area contributed by atoms with E-state index >= 15 is 0 Å². The molecule has 0 saturated heterocycles. The van der Waals surface area contributed by atoms with Crippen molar-refractivity contribution in [3.05, 3.63) is 95.7 Å². The molecule has 29 heavy (non-hydrogen) atoms. The summed E-state index contributed by atoms with van der Waals surface area (Å²) in [6, 6.07) is 17.0. The molecule has 2 heterocycles. The summed E-state index contributed by atoms with van der Waals surface area (Å²) in [4.78, 5) is 10.8. The molecule has 2 aromatic carbocycles. The Hall–Kier alpha value is -3.31. The Labute approximate surface area is 171 Å². The Morgan fingerprint density at radius 3 is 2.48 bits per heavy atom. The lowest BCUT2D eigenvalue weighted by atomic mass is 10.1. The predicted molar refractivity (Wildman–Crippen MR) is 116 cm³/mol. The van der Waals surface area contributed by atoms with Gasteiger partial charge in [-0.15, -0.1) is 0 Å². The minimum Gasteiger partial charge on any atom is -0.296 e. The van der Waals surface area contributed by atoms with Gasteiger partial charge in [0.2, 0.25) is 0 Å². The highest BCUT2D eigenvalue weighted by atomic mass is 15.3. The number of hydrogen-bond acceptors (Lipinski definition) is 4. The second kappa shape index (κ2) is 8.37. The van der Waals surface area contributed by atoms with Crippen molar-refractivity contribution in [3.8, 4) is 16.9 Å². The van der Waals surface area contributed by atoms with Gasteiger partial charge in [0.1, 0.15) is 0 Å². The van der Waals surface area contributed by atoms with Crippen molar-refractivity contribution in [3.63, 3.8) is 0 Å². The van der Waals surface area contributed by atoms with Crippen LogP contribution >= 0.6 is 0 Å². The molecule has 0 saturated carbocycles. The lowest BCUT2D eigenvalue weighted by Crippen LogP contribution is -2.18. The van der Waals surface area contributed by atoms with E-state index in [4.69, 9.17) is 5.10 Å². The molecule has 0 spiro atoms. The number of hydrogen-bond donors (Lipinski definition) is 0. The molecule has 0 fully saturated rings. The third-order valence-corrected chi connectivity index (χ3v) is 4.87. The molecule has 0 unspecified atom stereocenters. The van der Waals surface area contributed by atoms with Gasteiger partial charge in [-0.25, -0.2) is 4.68 Å². The molecule has 0 amide bonds. The minimum absolute atomic E-state index is 0.733. The summed E-state index contributed by atoms with van der Waals surface area (Å²) in [7, 11) is 2.10. The molecule has 0 aliphatic carbocycles. The van der Waals surface area contributed by atoms with Crippen LogP contribution in [0.1, 0.15) is 22.4 Å². The number of nitrogens with zero attached hydrogens (tertiary/aromatic N) is 5. The molecule has 0 atom stereocenters.